The van der Waals surface area contributed by atoms with Gasteiger partial charge in [0.25, 0.3) is 0 Å². The molecule has 1 aromatic carbocycles. The Labute approximate surface area is 191 Å². The number of hydrogen-bond donors (Lipinski definition) is 0. The van der Waals surface area contributed by atoms with E-state index in [1.54, 1.807) is 5.57 Å². The smallest absolute Gasteiger partial charge is 0.0980 e. The van der Waals surface area contributed by atoms with Gasteiger partial charge in [-0.1, -0.05) is 37.3 Å². The lowest BCUT2D eigenvalue weighted by molar-refractivity contribution is -0.134. The largest absolute Gasteiger partial charge is 0.359 e. The number of rotatable bonds is 2. The van der Waals surface area contributed by atoms with Gasteiger partial charge in [-0.05, 0) is 98.5 Å². The highest BCUT2D eigenvalue weighted by Gasteiger charge is 2.65. The second-order valence-corrected chi connectivity index (χ2v) is 11.6. The Balaban J connectivity index is 1.28. The molecule has 2 fully saturated rings. The van der Waals surface area contributed by atoms with Crippen molar-refractivity contribution in [3.05, 3.63) is 64.3 Å². The summed E-state index contributed by atoms with van der Waals surface area (Å²) >= 11 is 0. The first-order chi connectivity index (χ1) is 15.4. The van der Waals surface area contributed by atoms with E-state index >= 15 is 0 Å². The van der Waals surface area contributed by atoms with Gasteiger partial charge in [-0.25, -0.2) is 0 Å². The van der Waals surface area contributed by atoms with Gasteiger partial charge in [0.1, 0.15) is 0 Å². The van der Waals surface area contributed by atoms with Gasteiger partial charge < -0.3 is 9.64 Å². The third-order valence-electron chi connectivity index (χ3n) is 9.92. The lowest BCUT2D eigenvalue weighted by Gasteiger charge is -2.54. The standard InChI is InChI=1S/C29H34N2O/c1-27-11-10-23-15-22-6-7-24(31(2)3)16-28(22)12-13-29(23,32-28)26(27)9-8-25(27)19-4-5-20-17-30-18-21(20)14-19/h4-5,8,10,14-15,18,24,26H,6-7,9,11-13,16-17H2,1-3H3/t24-,26+,27+,28?,29+/m0/s1. The zero-order valence-electron chi connectivity index (χ0n) is 19.7. The summed E-state index contributed by atoms with van der Waals surface area (Å²) in [5, 5.41) is 0. The predicted octanol–water partition coefficient (Wildman–Crippen LogP) is 5.70. The minimum absolute atomic E-state index is 0.0183. The maximum atomic E-state index is 7.38. The molecule has 32 heavy (non-hydrogen) atoms. The molecular weight excluding hydrogens is 392 g/mol. The van der Waals surface area contributed by atoms with Crippen molar-refractivity contribution in [1.29, 1.82) is 0 Å². The van der Waals surface area contributed by atoms with Crippen LogP contribution in [-0.4, -0.2) is 42.5 Å². The molecular formula is C29H34N2O. The number of nitrogens with zero attached hydrogens (tertiary/aromatic N) is 2. The highest BCUT2D eigenvalue weighted by atomic mass is 16.5. The number of ether oxygens (including phenoxy) is 1. The third kappa shape index (κ3) is 2.37. The van der Waals surface area contributed by atoms with Gasteiger partial charge in [-0.2, -0.15) is 0 Å². The number of hydrogen-bond acceptors (Lipinski definition) is 3. The molecule has 1 saturated carbocycles. The van der Waals surface area contributed by atoms with Crippen molar-refractivity contribution in [3.8, 4) is 0 Å². The average molecular weight is 427 g/mol. The van der Waals surface area contributed by atoms with Crippen molar-refractivity contribution in [2.45, 2.75) is 75.7 Å². The number of benzene rings is 1. The van der Waals surface area contributed by atoms with Crippen LogP contribution in [0.3, 0.4) is 0 Å². The molecule has 3 heteroatoms. The molecule has 2 bridgehead atoms. The van der Waals surface area contributed by atoms with E-state index in [0.717, 1.165) is 25.8 Å². The second kappa shape index (κ2) is 6.33. The summed E-state index contributed by atoms with van der Waals surface area (Å²) in [5.41, 5.74) is 8.70. The van der Waals surface area contributed by atoms with Crippen LogP contribution >= 0.6 is 0 Å². The Morgan fingerprint density at radius 2 is 2.06 bits per heavy atom. The van der Waals surface area contributed by atoms with Gasteiger partial charge in [-0.3, -0.25) is 4.99 Å². The van der Waals surface area contributed by atoms with Gasteiger partial charge >= 0.3 is 0 Å². The Morgan fingerprint density at radius 3 is 2.94 bits per heavy atom. The van der Waals surface area contributed by atoms with Crippen molar-refractivity contribution >= 4 is 11.8 Å². The van der Waals surface area contributed by atoms with Gasteiger partial charge in [0.2, 0.25) is 0 Å². The molecule has 3 nitrogen and oxygen atoms in total. The van der Waals surface area contributed by atoms with Crippen molar-refractivity contribution in [3.63, 3.8) is 0 Å². The van der Waals surface area contributed by atoms with Crippen molar-refractivity contribution in [2.24, 2.45) is 16.3 Å². The molecule has 1 unspecified atom stereocenters. The number of allylic oxidation sites excluding steroid dienone is 3. The summed E-state index contributed by atoms with van der Waals surface area (Å²) in [4.78, 5) is 6.89. The third-order valence-corrected chi connectivity index (χ3v) is 9.92. The monoisotopic (exact) mass is 426 g/mol. The van der Waals surface area contributed by atoms with Crippen LogP contribution in [0.5, 0.6) is 0 Å². The first-order valence-electron chi connectivity index (χ1n) is 12.6. The Hall–Kier alpha value is -1.97. The Bertz CT molecular complexity index is 1140. The predicted molar refractivity (Wildman–Crippen MR) is 130 cm³/mol. The summed E-state index contributed by atoms with van der Waals surface area (Å²) in [6, 6.07) is 7.63. The fraction of sp³-hybridized carbons (Fsp3) is 0.552. The summed E-state index contributed by atoms with van der Waals surface area (Å²) in [6.07, 6.45) is 18.0. The molecule has 166 valence electrons. The van der Waals surface area contributed by atoms with Gasteiger partial charge in [0, 0.05) is 23.6 Å². The number of aliphatic imine (C=N–C) groups is 1. The number of fused-ring (bicyclic) bond motifs is 2. The molecule has 1 aromatic rings. The molecule has 3 aliphatic heterocycles. The molecule has 0 amide bonds. The molecule has 2 spiro atoms. The zero-order valence-corrected chi connectivity index (χ0v) is 19.7. The summed E-state index contributed by atoms with van der Waals surface area (Å²) in [7, 11) is 4.47. The average Bonchev–Trinajstić information content (AvgIpc) is 3.47. The van der Waals surface area contributed by atoms with E-state index in [4.69, 9.17) is 4.74 Å². The lowest BCUT2D eigenvalue weighted by atomic mass is 9.58. The van der Waals surface area contributed by atoms with E-state index < -0.39 is 0 Å². The highest BCUT2D eigenvalue weighted by molar-refractivity contribution is 5.87. The molecule has 0 aromatic heterocycles. The first-order valence-corrected chi connectivity index (χ1v) is 12.6. The normalized spacial score (nSPS) is 40.9. The minimum atomic E-state index is -0.0961. The molecule has 1 saturated heterocycles. The van der Waals surface area contributed by atoms with E-state index in [1.807, 2.05) is 6.21 Å². The van der Waals surface area contributed by atoms with Crippen LogP contribution in [0, 0.1) is 11.3 Å². The van der Waals surface area contributed by atoms with Crippen LogP contribution in [0.25, 0.3) is 5.57 Å². The van der Waals surface area contributed by atoms with Crippen molar-refractivity contribution < 1.29 is 4.74 Å². The summed E-state index contributed by atoms with van der Waals surface area (Å²) in [5.74, 6) is 0.531. The van der Waals surface area contributed by atoms with Gasteiger partial charge in [0.15, 0.2) is 0 Å². The van der Waals surface area contributed by atoms with Crippen molar-refractivity contribution in [1.82, 2.24) is 4.90 Å². The van der Waals surface area contributed by atoms with Crippen LogP contribution < -0.4 is 0 Å². The van der Waals surface area contributed by atoms with E-state index in [2.05, 4.69) is 67.3 Å². The topological polar surface area (TPSA) is 24.8 Å². The van der Waals surface area contributed by atoms with Gasteiger partial charge in [0.05, 0.1) is 17.7 Å². The highest BCUT2D eigenvalue weighted by Crippen LogP contribution is 2.67. The summed E-state index contributed by atoms with van der Waals surface area (Å²) < 4.78 is 7.38. The second-order valence-electron chi connectivity index (χ2n) is 11.6. The van der Waals surface area contributed by atoms with Crippen LogP contribution in [-0.2, 0) is 11.3 Å². The van der Waals surface area contributed by atoms with Gasteiger partial charge in [-0.15, -0.1) is 0 Å². The minimum Gasteiger partial charge on any atom is -0.359 e. The first kappa shape index (κ1) is 19.5. The quantitative estimate of drug-likeness (QED) is 0.606. The van der Waals surface area contributed by atoms with E-state index in [1.165, 1.54) is 53.5 Å². The zero-order chi connectivity index (χ0) is 21.7. The van der Waals surface area contributed by atoms with Crippen LogP contribution in [0.2, 0.25) is 0 Å². The van der Waals surface area contributed by atoms with Crippen LogP contribution in [0.15, 0.2) is 52.6 Å². The van der Waals surface area contributed by atoms with Crippen molar-refractivity contribution in [2.75, 3.05) is 14.1 Å². The van der Waals surface area contributed by atoms with E-state index in [9.17, 15) is 0 Å². The molecule has 7 rings (SSSR count). The van der Waals surface area contributed by atoms with E-state index in [-0.39, 0.29) is 16.6 Å². The molecule has 3 heterocycles. The van der Waals surface area contributed by atoms with Crippen LogP contribution in [0.1, 0.15) is 68.6 Å². The van der Waals surface area contributed by atoms with Crippen LogP contribution in [0.4, 0.5) is 0 Å². The molecule has 0 N–H and O–H groups in total. The maximum absolute atomic E-state index is 7.38. The Morgan fingerprint density at radius 1 is 1.16 bits per heavy atom. The molecule has 0 radical (unpaired) electrons. The molecule has 5 atom stereocenters. The Kier molecular flexibility index (Phi) is 3.86. The van der Waals surface area contributed by atoms with E-state index in [0.29, 0.717) is 12.0 Å². The maximum Gasteiger partial charge on any atom is 0.0980 e. The molecule has 6 aliphatic rings. The summed E-state index contributed by atoms with van der Waals surface area (Å²) in [6.45, 7) is 3.35. The SMILES string of the molecule is CN(C)[C@H]1CCC2=CC3=CC[C@]4(C)C(c5ccc6c(c5)C=NC6)=CC[C@H]4[C@@]34CCC2(C1)O4. The molecule has 3 aliphatic carbocycles. The lowest BCUT2D eigenvalue weighted by Crippen LogP contribution is -2.54. The fourth-order valence-corrected chi connectivity index (χ4v) is 8.12. The fourth-order valence-electron chi connectivity index (χ4n) is 8.12.